The molecule has 0 spiro atoms. The summed E-state index contributed by atoms with van der Waals surface area (Å²) in [6.45, 7) is 1.39. The van der Waals surface area contributed by atoms with Gasteiger partial charge in [-0.15, -0.1) is 0 Å². The van der Waals surface area contributed by atoms with Gasteiger partial charge in [-0.3, -0.25) is 9.78 Å². The largest absolute Gasteiger partial charge is 0.417 e. The Bertz CT molecular complexity index is 439. The van der Waals surface area contributed by atoms with E-state index >= 15 is 0 Å². The summed E-state index contributed by atoms with van der Waals surface area (Å²) in [7, 11) is 0. The van der Waals surface area contributed by atoms with Crippen LogP contribution in [-0.4, -0.2) is 30.0 Å². The lowest BCUT2D eigenvalue weighted by molar-refractivity contribution is -0.137. The predicted octanol–water partition coefficient (Wildman–Crippen LogP) is 1.58. The second-order valence-corrected chi connectivity index (χ2v) is 4.43. The molecule has 1 amide bonds. The van der Waals surface area contributed by atoms with Gasteiger partial charge < -0.3 is 10.6 Å². The predicted molar refractivity (Wildman–Crippen MR) is 62.6 cm³/mol. The van der Waals surface area contributed by atoms with E-state index in [1.54, 1.807) is 0 Å². The fraction of sp³-hybridized carbons (Fsp3) is 0.500. The van der Waals surface area contributed by atoms with E-state index in [4.69, 9.17) is 0 Å². The summed E-state index contributed by atoms with van der Waals surface area (Å²) in [5.41, 5.74) is -0.868. The molecule has 4 nitrogen and oxygen atoms in total. The second kappa shape index (κ2) is 5.56. The van der Waals surface area contributed by atoms with Gasteiger partial charge in [-0.1, -0.05) is 0 Å². The van der Waals surface area contributed by atoms with Crippen molar-refractivity contribution in [1.29, 1.82) is 0 Å². The highest BCUT2D eigenvalue weighted by Crippen LogP contribution is 2.28. The van der Waals surface area contributed by atoms with Gasteiger partial charge in [0, 0.05) is 18.8 Å². The standard InChI is InChI=1S/C12H14F3N3O/c13-12(14,15)8-3-4-10(17-6-8)11(19)18-7-9-2-1-5-16-9/h3-4,6,9,16H,1-2,5,7H2,(H,18,19). The van der Waals surface area contributed by atoms with Gasteiger partial charge in [0.15, 0.2) is 0 Å². The van der Waals surface area contributed by atoms with Crippen LogP contribution in [0.3, 0.4) is 0 Å². The first-order valence-corrected chi connectivity index (χ1v) is 6.01. The van der Waals surface area contributed by atoms with Gasteiger partial charge in [0.2, 0.25) is 0 Å². The van der Waals surface area contributed by atoms with Crippen molar-refractivity contribution in [3.63, 3.8) is 0 Å². The van der Waals surface area contributed by atoms with Gasteiger partial charge in [-0.05, 0) is 31.5 Å². The minimum absolute atomic E-state index is 0.00834. The molecule has 1 unspecified atom stereocenters. The maximum atomic E-state index is 12.3. The van der Waals surface area contributed by atoms with E-state index in [0.717, 1.165) is 31.5 Å². The zero-order valence-corrected chi connectivity index (χ0v) is 10.1. The van der Waals surface area contributed by atoms with Crippen LogP contribution >= 0.6 is 0 Å². The molecular formula is C12H14F3N3O. The number of carbonyl (C=O) groups is 1. The first kappa shape index (κ1) is 13.8. The van der Waals surface area contributed by atoms with Crippen LogP contribution in [0.2, 0.25) is 0 Å². The molecule has 0 aliphatic carbocycles. The highest BCUT2D eigenvalue weighted by molar-refractivity contribution is 5.92. The SMILES string of the molecule is O=C(NCC1CCCN1)c1ccc(C(F)(F)F)cn1. The lowest BCUT2D eigenvalue weighted by atomic mass is 10.2. The maximum absolute atomic E-state index is 12.3. The summed E-state index contributed by atoms with van der Waals surface area (Å²) in [5.74, 6) is -0.456. The van der Waals surface area contributed by atoms with E-state index in [9.17, 15) is 18.0 Å². The highest BCUT2D eigenvalue weighted by Gasteiger charge is 2.30. The molecular weight excluding hydrogens is 259 g/mol. The average molecular weight is 273 g/mol. The number of pyridine rings is 1. The average Bonchev–Trinajstić information content (AvgIpc) is 2.88. The molecule has 0 radical (unpaired) electrons. The minimum Gasteiger partial charge on any atom is -0.349 e. The monoisotopic (exact) mass is 273 g/mol. The summed E-state index contributed by atoms with van der Waals surface area (Å²) in [5, 5.41) is 5.86. The van der Waals surface area contributed by atoms with E-state index in [1.807, 2.05) is 0 Å². The summed E-state index contributed by atoms with van der Waals surface area (Å²) in [6, 6.07) is 2.18. The normalized spacial score (nSPS) is 19.4. The molecule has 0 bridgehead atoms. The zero-order chi connectivity index (χ0) is 13.9. The van der Waals surface area contributed by atoms with Crippen LogP contribution in [0, 0.1) is 0 Å². The van der Waals surface area contributed by atoms with Crippen molar-refractivity contribution >= 4 is 5.91 Å². The molecule has 1 aromatic rings. The number of nitrogens with zero attached hydrogens (tertiary/aromatic N) is 1. The van der Waals surface area contributed by atoms with Gasteiger partial charge >= 0.3 is 6.18 Å². The fourth-order valence-electron chi connectivity index (χ4n) is 1.93. The minimum atomic E-state index is -4.43. The van der Waals surface area contributed by atoms with Crippen molar-refractivity contribution in [3.8, 4) is 0 Å². The van der Waals surface area contributed by atoms with Crippen molar-refractivity contribution in [1.82, 2.24) is 15.6 Å². The van der Waals surface area contributed by atoms with Gasteiger partial charge in [-0.25, -0.2) is 0 Å². The smallest absolute Gasteiger partial charge is 0.349 e. The van der Waals surface area contributed by atoms with Crippen LogP contribution in [-0.2, 0) is 6.18 Å². The number of alkyl halides is 3. The number of aromatic nitrogens is 1. The van der Waals surface area contributed by atoms with Crippen LogP contribution in [0.5, 0.6) is 0 Å². The van der Waals surface area contributed by atoms with Crippen LogP contribution < -0.4 is 10.6 Å². The molecule has 1 aromatic heterocycles. The number of halogens is 3. The number of nitrogens with one attached hydrogen (secondary N) is 2. The van der Waals surface area contributed by atoms with Gasteiger partial charge in [0.25, 0.3) is 5.91 Å². The number of hydrogen-bond acceptors (Lipinski definition) is 3. The van der Waals surface area contributed by atoms with Crippen molar-refractivity contribution < 1.29 is 18.0 Å². The lowest BCUT2D eigenvalue weighted by Gasteiger charge is -2.11. The molecule has 2 heterocycles. The molecule has 2 N–H and O–H groups in total. The van der Waals surface area contributed by atoms with Crippen LogP contribution in [0.1, 0.15) is 28.9 Å². The molecule has 1 fully saturated rings. The molecule has 0 saturated carbocycles. The zero-order valence-electron chi connectivity index (χ0n) is 10.1. The molecule has 7 heteroatoms. The van der Waals surface area contributed by atoms with Gasteiger partial charge in [0.05, 0.1) is 5.56 Å². The maximum Gasteiger partial charge on any atom is 0.417 e. The molecule has 104 valence electrons. The summed E-state index contributed by atoms with van der Waals surface area (Å²) in [4.78, 5) is 15.2. The van der Waals surface area contributed by atoms with Crippen molar-refractivity contribution in [3.05, 3.63) is 29.6 Å². The van der Waals surface area contributed by atoms with Gasteiger partial charge in [0.1, 0.15) is 5.69 Å². The molecule has 1 atom stereocenters. The quantitative estimate of drug-likeness (QED) is 0.879. The van der Waals surface area contributed by atoms with Crippen LogP contribution in [0.4, 0.5) is 13.2 Å². The molecule has 1 saturated heterocycles. The Morgan fingerprint density at radius 1 is 1.47 bits per heavy atom. The van der Waals surface area contributed by atoms with Crippen LogP contribution in [0.15, 0.2) is 18.3 Å². The molecule has 1 aliphatic rings. The van der Waals surface area contributed by atoms with E-state index in [-0.39, 0.29) is 11.7 Å². The second-order valence-electron chi connectivity index (χ2n) is 4.43. The molecule has 2 rings (SSSR count). The number of amides is 1. The Balaban J connectivity index is 1.92. The Labute approximate surface area is 108 Å². The van der Waals surface area contributed by atoms with E-state index in [0.29, 0.717) is 12.7 Å². The summed E-state index contributed by atoms with van der Waals surface area (Å²) >= 11 is 0. The summed E-state index contributed by atoms with van der Waals surface area (Å²) < 4.78 is 37.0. The Hall–Kier alpha value is -1.63. The Morgan fingerprint density at radius 3 is 2.79 bits per heavy atom. The van der Waals surface area contributed by atoms with Gasteiger partial charge in [-0.2, -0.15) is 13.2 Å². The number of hydrogen-bond donors (Lipinski definition) is 2. The van der Waals surface area contributed by atoms with Crippen molar-refractivity contribution in [2.45, 2.75) is 25.1 Å². The fourth-order valence-corrected chi connectivity index (χ4v) is 1.93. The first-order chi connectivity index (χ1) is 8.97. The Morgan fingerprint density at radius 2 is 2.26 bits per heavy atom. The summed E-state index contributed by atoms with van der Waals surface area (Å²) in [6.07, 6.45) is -1.71. The lowest BCUT2D eigenvalue weighted by Crippen LogP contribution is -2.37. The van der Waals surface area contributed by atoms with E-state index in [2.05, 4.69) is 15.6 Å². The highest BCUT2D eigenvalue weighted by atomic mass is 19.4. The topological polar surface area (TPSA) is 54.0 Å². The third-order valence-corrected chi connectivity index (χ3v) is 2.99. The number of carbonyl (C=O) groups excluding carboxylic acids is 1. The Kier molecular flexibility index (Phi) is 4.04. The van der Waals surface area contributed by atoms with Crippen molar-refractivity contribution in [2.75, 3.05) is 13.1 Å². The molecule has 19 heavy (non-hydrogen) atoms. The van der Waals surface area contributed by atoms with E-state index < -0.39 is 17.6 Å². The third-order valence-electron chi connectivity index (χ3n) is 2.99. The number of rotatable bonds is 3. The molecule has 1 aliphatic heterocycles. The third kappa shape index (κ3) is 3.66. The first-order valence-electron chi connectivity index (χ1n) is 6.01. The van der Waals surface area contributed by atoms with Crippen LogP contribution in [0.25, 0.3) is 0 Å². The van der Waals surface area contributed by atoms with E-state index in [1.165, 1.54) is 0 Å². The molecule has 0 aromatic carbocycles. The van der Waals surface area contributed by atoms with Crippen molar-refractivity contribution in [2.24, 2.45) is 0 Å².